The van der Waals surface area contributed by atoms with Gasteiger partial charge >= 0.3 is 5.97 Å². The lowest BCUT2D eigenvalue weighted by atomic mass is 9.95. The van der Waals surface area contributed by atoms with Crippen LogP contribution in [0.5, 0.6) is 0 Å². The van der Waals surface area contributed by atoms with Crippen LogP contribution in [0.15, 0.2) is 35.4 Å². The fraction of sp³-hybridized carbons (Fsp3) is 0.588. The molecule has 1 aromatic carbocycles. The van der Waals surface area contributed by atoms with Gasteiger partial charge in [0.1, 0.15) is 31.0 Å². The Morgan fingerprint density at radius 3 is 2.16 bits per heavy atom. The fourth-order valence-electron chi connectivity index (χ4n) is 2.95. The lowest BCUT2D eigenvalue weighted by molar-refractivity contribution is -0.203. The number of hydrogen-bond acceptors (Lipinski definition) is 11. The molecule has 0 unspecified atom stereocenters. The highest BCUT2D eigenvalue weighted by Crippen LogP contribution is 2.38. The molecule has 0 bridgehead atoms. The Balaban J connectivity index is 2.49. The average Bonchev–Trinajstić information content (AvgIpc) is 2.96. The van der Waals surface area contributed by atoms with E-state index in [1.54, 1.807) is 30.3 Å². The molecule has 1 aliphatic rings. The summed E-state index contributed by atoms with van der Waals surface area (Å²) < 4.78 is 72.9. The van der Waals surface area contributed by atoms with Crippen LogP contribution in [-0.4, -0.2) is 72.6 Å². The van der Waals surface area contributed by atoms with E-state index in [0.29, 0.717) is 5.56 Å². The molecule has 1 heterocycles. The Kier molecular flexibility index (Phi) is 8.59. The molecule has 32 heavy (non-hydrogen) atoms. The summed E-state index contributed by atoms with van der Waals surface area (Å²) in [4.78, 5) is 14.3. The summed E-state index contributed by atoms with van der Waals surface area (Å²) in [7, 11) is -8.03. The van der Waals surface area contributed by atoms with Crippen molar-refractivity contribution in [2.45, 2.75) is 37.6 Å². The number of nitrogens with zero attached hydrogens (tertiary/aromatic N) is 3. The quantitative estimate of drug-likeness (QED) is 0.141. The van der Waals surface area contributed by atoms with Crippen molar-refractivity contribution in [1.82, 2.24) is 0 Å². The minimum atomic E-state index is -4.02. The molecule has 0 radical (unpaired) electrons. The molecule has 1 aromatic rings. The van der Waals surface area contributed by atoms with Crippen LogP contribution in [0.2, 0.25) is 0 Å². The second kappa shape index (κ2) is 10.6. The van der Waals surface area contributed by atoms with Crippen LogP contribution >= 0.6 is 0 Å². The highest BCUT2D eigenvalue weighted by atomic mass is 32.2. The first-order valence-corrected chi connectivity index (χ1v) is 12.7. The van der Waals surface area contributed by atoms with Gasteiger partial charge in [-0.3, -0.25) is 13.2 Å². The number of benzene rings is 1. The largest absolute Gasteiger partial charge is 0.435 e. The van der Waals surface area contributed by atoms with Gasteiger partial charge in [0.2, 0.25) is 6.29 Å². The number of esters is 1. The Hall–Kier alpha value is -2.26. The van der Waals surface area contributed by atoms with Crippen molar-refractivity contribution in [2.75, 3.05) is 25.7 Å². The Morgan fingerprint density at radius 2 is 1.69 bits per heavy atom. The molecule has 0 spiro atoms. The summed E-state index contributed by atoms with van der Waals surface area (Å²) in [6.45, 7) is -0.513. The molecule has 0 saturated carbocycles. The first kappa shape index (κ1) is 26.0. The number of hydrogen-bond donors (Lipinski definition) is 0. The molecule has 3 atom stereocenters. The highest BCUT2D eigenvalue weighted by Gasteiger charge is 2.58. The summed E-state index contributed by atoms with van der Waals surface area (Å²) in [5.74, 6) is -0.793. The molecule has 1 aliphatic heterocycles. The van der Waals surface area contributed by atoms with Crippen molar-refractivity contribution >= 4 is 26.2 Å². The summed E-state index contributed by atoms with van der Waals surface area (Å²) in [6.07, 6.45) is -1.27. The average molecular weight is 494 g/mol. The van der Waals surface area contributed by atoms with Crippen molar-refractivity contribution in [3.8, 4) is 0 Å². The number of rotatable bonds is 11. The zero-order chi connectivity index (χ0) is 24.0. The van der Waals surface area contributed by atoms with Crippen LogP contribution in [0.1, 0.15) is 12.5 Å². The summed E-state index contributed by atoms with van der Waals surface area (Å²) >= 11 is 0. The van der Waals surface area contributed by atoms with Gasteiger partial charge in [0.15, 0.2) is 0 Å². The molecular weight excluding hydrogens is 470 g/mol. The fourth-order valence-corrected chi connectivity index (χ4v) is 3.78. The molecular formula is C17H23N3O10S2. The molecule has 0 aliphatic carbocycles. The molecule has 0 aromatic heterocycles. The van der Waals surface area contributed by atoms with Gasteiger partial charge in [0, 0.05) is 11.8 Å². The van der Waals surface area contributed by atoms with E-state index in [1.165, 1.54) is 0 Å². The van der Waals surface area contributed by atoms with E-state index in [2.05, 4.69) is 10.0 Å². The van der Waals surface area contributed by atoms with Gasteiger partial charge in [-0.25, -0.2) is 0 Å². The van der Waals surface area contributed by atoms with Crippen molar-refractivity contribution in [3.05, 3.63) is 46.3 Å². The third-order valence-corrected chi connectivity index (χ3v) is 5.32. The van der Waals surface area contributed by atoms with Crippen molar-refractivity contribution in [2.24, 2.45) is 5.11 Å². The first-order valence-electron chi connectivity index (χ1n) is 9.09. The minimum Gasteiger partial charge on any atom is -0.435 e. The topological polar surface area (TPSA) is 180 Å². The smallest absolute Gasteiger partial charge is 0.304 e. The van der Waals surface area contributed by atoms with Crippen LogP contribution in [0.25, 0.3) is 10.4 Å². The molecule has 2 rings (SSSR count). The Labute approximate surface area is 185 Å². The lowest BCUT2D eigenvalue weighted by Crippen LogP contribution is -2.52. The number of ether oxygens (including phenoxy) is 3. The van der Waals surface area contributed by atoms with Crippen LogP contribution in [0, 0.1) is 0 Å². The zero-order valence-electron chi connectivity index (χ0n) is 17.5. The Bertz CT molecular complexity index is 1020. The maximum Gasteiger partial charge on any atom is 0.304 e. The Morgan fingerprint density at radius 1 is 1.12 bits per heavy atom. The lowest BCUT2D eigenvalue weighted by Gasteiger charge is -2.33. The van der Waals surface area contributed by atoms with E-state index in [0.717, 1.165) is 19.4 Å². The molecule has 0 N–H and O–H groups in total. The maximum absolute atomic E-state index is 11.6. The summed E-state index contributed by atoms with van der Waals surface area (Å²) in [5.41, 5.74) is 7.79. The molecule has 15 heteroatoms. The van der Waals surface area contributed by atoms with Crippen LogP contribution in [0.3, 0.4) is 0 Å². The molecule has 0 amide bonds. The standard InChI is InChI=1S/C17H23N3O10S2/c1-12(21)29-16-14(19-20-18)15(26-9-13-7-5-4-6-8-13)17(30-16,10-27-31(2,22)23)11-28-32(3,24)25/h4-8,14-16H,9-11H2,1-3H3/t14-,15+,16+/m0/s1. The molecule has 13 nitrogen and oxygen atoms in total. The molecule has 1 saturated heterocycles. The summed E-state index contributed by atoms with van der Waals surface area (Å²) in [6, 6.07) is 7.46. The minimum absolute atomic E-state index is 0.0569. The van der Waals surface area contributed by atoms with Gasteiger partial charge in [-0.15, -0.1) is 0 Å². The van der Waals surface area contributed by atoms with Crippen LogP contribution < -0.4 is 0 Å². The second-order valence-corrected chi connectivity index (χ2v) is 10.3. The van der Waals surface area contributed by atoms with E-state index in [9.17, 15) is 21.6 Å². The second-order valence-electron chi connectivity index (χ2n) is 7.01. The predicted molar refractivity (Wildman–Crippen MR) is 109 cm³/mol. The van der Waals surface area contributed by atoms with E-state index in [1.807, 2.05) is 0 Å². The van der Waals surface area contributed by atoms with Gasteiger partial charge in [-0.1, -0.05) is 35.4 Å². The van der Waals surface area contributed by atoms with E-state index < -0.39 is 63.5 Å². The highest BCUT2D eigenvalue weighted by molar-refractivity contribution is 7.86. The van der Waals surface area contributed by atoms with Gasteiger partial charge in [-0.05, 0) is 11.1 Å². The van der Waals surface area contributed by atoms with E-state index in [-0.39, 0.29) is 6.61 Å². The number of carbonyl (C=O) groups excluding carboxylic acids is 1. The van der Waals surface area contributed by atoms with E-state index >= 15 is 0 Å². The van der Waals surface area contributed by atoms with Gasteiger partial charge in [0.05, 0.1) is 19.1 Å². The van der Waals surface area contributed by atoms with Gasteiger partial charge in [-0.2, -0.15) is 16.8 Å². The van der Waals surface area contributed by atoms with Crippen LogP contribution in [-0.2, 0) is 54.2 Å². The third kappa shape index (κ3) is 7.70. The van der Waals surface area contributed by atoms with Crippen LogP contribution in [0.4, 0.5) is 0 Å². The number of carbonyl (C=O) groups is 1. The zero-order valence-corrected chi connectivity index (χ0v) is 19.1. The maximum atomic E-state index is 11.6. The van der Waals surface area contributed by atoms with Crippen molar-refractivity contribution in [3.63, 3.8) is 0 Å². The normalized spacial score (nSPS) is 22.8. The monoisotopic (exact) mass is 493 g/mol. The number of azide groups is 1. The summed E-state index contributed by atoms with van der Waals surface area (Å²) in [5, 5.41) is 3.58. The molecule has 178 valence electrons. The first-order chi connectivity index (χ1) is 14.9. The predicted octanol–water partition coefficient (Wildman–Crippen LogP) is 0.861. The van der Waals surface area contributed by atoms with Crippen molar-refractivity contribution in [1.29, 1.82) is 0 Å². The molecule has 1 fully saturated rings. The third-order valence-electron chi connectivity index (χ3n) is 4.23. The van der Waals surface area contributed by atoms with E-state index in [4.69, 9.17) is 28.1 Å². The van der Waals surface area contributed by atoms with Gasteiger partial charge in [0.25, 0.3) is 20.2 Å². The van der Waals surface area contributed by atoms with Gasteiger partial charge < -0.3 is 14.2 Å². The van der Waals surface area contributed by atoms with Crippen molar-refractivity contribution < 1.29 is 44.2 Å². The SMILES string of the molecule is CC(=O)O[C@@H]1OC(COS(C)(=O)=O)(COS(C)(=O)=O)[C@H](OCc2ccccc2)[C@@H]1N=[N+]=[N-].